The minimum absolute atomic E-state index is 0.440. The van der Waals surface area contributed by atoms with E-state index in [0.29, 0.717) is 30.2 Å². The lowest BCUT2D eigenvalue weighted by atomic mass is 9.96. The molecule has 1 fully saturated rings. The first-order valence-corrected chi connectivity index (χ1v) is 9.13. The summed E-state index contributed by atoms with van der Waals surface area (Å²) in [6.07, 6.45) is 7.17. The van der Waals surface area contributed by atoms with E-state index in [2.05, 4.69) is 17.2 Å². The fraction of sp³-hybridized carbons (Fsp3) is 0.450. The average Bonchev–Trinajstić information content (AvgIpc) is 2.87. The van der Waals surface area contributed by atoms with Gasteiger partial charge in [0.25, 0.3) is 0 Å². The summed E-state index contributed by atoms with van der Waals surface area (Å²) in [6, 6.07) is 9.35. The number of carbonyl (C=O) groups is 2. The Bertz CT molecular complexity index is 754. The van der Waals surface area contributed by atoms with Gasteiger partial charge in [-0.15, -0.1) is 0 Å². The van der Waals surface area contributed by atoms with Crippen LogP contribution in [0.25, 0.3) is 10.9 Å². The monoisotopic (exact) mass is 339 g/mol. The number of hydrogen-bond donors (Lipinski definition) is 1. The number of hydrogen-bond acceptors (Lipinski definition) is 3. The van der Waals surface area contributed by atoms with Crippen LogP contribution >= 0.6 is 0 Å². The van der Waals surface area contributed by atoms with Crippen molar-refractivity contribution in [3.8, 4) is 0 Å². The number of nitrogens with zero attached hydrogens (tertiary/aromatic N) is 2. The number of amides is 2. The second kappa shape index (κ2) is 8.10. The molecule has 3 rings (SSSR count). The summed E-state index contributed by atoms with van der Waals surface area (Å²) in [5.74, 6) is -0.342. The van der Waals surface area contributed by atoms with E-state index in [4.69, 9.17) is 0 Å². The first kappa shape index (κ1) is 17.4. The topological polar surface area (TPSA) is 62.3 Å². The molecule has 5 nitrogen and oxygen atoms in total. The van der Waals surface area contributed by atoms with Crippen molar-refractivity contribution in [1.82, 2.24) is 9.88 Å². The fourth-order valence-electron chi connectivity index (χ4n) is 3.59. The highest BCUT2D eigenvalue weighted by Gasteiger charge is 2.25. The van der Waals surface area contributed by atoms with E-state index in [1.54, 1.807) is 17.2 Å². The molecule has 25 heavy (non-hydrogen) atoms. The molecule has 132 valence electrons. The number of anilines is 1. The van der Waals surface area contributed by atoms with E-state index < -0.39 is 11.8 Å². The molecule has 2 heterocycles. The number of carbonyl (C=O) groups excluding carboxylic acids is 2. The molecular formula is C20H25N3O2. The van der Waals surface area contributed by atoms with Crippen LogP contribution in [0.4, 0.5) is 5.69 Å². The number of pyridine rings is 1. The van der Waals surface area contributed by atoms with Gasteiger partial charge in [-0.05, 0) is 37.3 Å². The van der Waals surface area contributed by atoms with Gasteiger partial charge in [0, 0.05) is 24.7 Å². The molecule has 1 aliphatic heterocycles. The summed E-state index contributed by atoms with van der Waals surface area (Å²) in [5, 5.41) is 3.68. The van der Waals surface area contributed by atoms with Gasteiger partial charge in [-0.25, -0.2) is 0 Å². The lowest BCUT2D eigenvalue weighted by Gasteiger charge is -2.20. The predicted octanol–water partition coefficient (Wildman–Crippen LogP) is 3.60. The van der Waals surface area contributed by atoms with E-state index in [1.807, 2.05) is 24.3 Å². The van der Waals surface area contributed by atoms with E-state index in [0.717, 1.165) is 24.6 Å². The van der Waals surface area contributed by atoms with Crippen LogP contribution in [0, 0.1) is 5.92 Å². The average molecular weight is 339 g/mol. The highest BCUT2D eigenvalue weighted by Crippen LogP contribution is 2.23. The molecule has 2 aromatic rings. The normalized spacial score (nSPS) is 18.0. The Balaban J connectivity index is 1.67. The lowest BCUT2D eigenvalue weighted by Crippen LogP contribution is -2.40. The summed E-state index contributed by atoms with van der Waals surface area (Å²) in [7, 11) is 0. The highest BCUT2D eigenvalue weighted by atomic mass is 16.2. The second-order valence-corrected chi connectivity index (χ2v) is 6.71. The number of para-hydroxylation sites is 1. The van der Waals surface area contributed by atoms with Crippen LogP contribution in [-0.4, -0.2) is 34.8 Å². The Morgan fingerprint density at radius 2 is 2.04 bits per heavy atom. The third-order valence-corrected chi connectivity index (χ3v) is 4.91. The van der Waals surface area contributed by atoms with Gasteiger partial charge in [0.05, 0.1) is 11.2 Å². The Morgan fingerprint density at radius 3 is 2.88 bits per heavy atom. The smallest absolute Gasteiger partial charge is 0.313 e. The van der Waals surface area contributed by atoms with Gasteiger partial charge in [0.15, 0.2) is 0 Å². The van der Waals surface area contributed by atoms with Crippen molar-refractivity contribution in [3.63, 3.8) is 0 Å². The van der Waals surface area contributed by atoms with Gasteiger partial charge >= 0.3 is 11.8 Å². The third-order valence-electron chi connectivity index (χ3n) is 4.91. The van der Waals surface area contributed by atoms with Crippen molar-refractivity contribution in [3.05, 3.63) is 36.5 Å². The molecule has 1 aromatic heterocycles. The molecule has 0 unspecified atom stereocenters. The zero-order valence-electron chi connectivity index (χ0n) is 14.7. The molecular weight excluding hydrogens is 314 g/mol. The lowest BCUT2D eigenvalue weighted by molar-refractivity contribution is -0.143. The molecule has 0 radical (unpaired) electrons. The Kier molecular flexibility index (Phi) is 5.64. The quantitative estimate of drug-likeness (QED) is 0.869. The molecule has 2 amide bonds. The van der Waals surface area contributed by atoms with Gasteiger partial charge < -0.3 is 10.2 Å². The van der Waals surface area contributed by atoms with Gasteiger partial charge in [0.1, 0.15) is 0 Å². The van der Waals surface area contributed by atoms with Crippen molar-refractivity contribution in [2.75, 3.05) is 18.4 Å². The SMILES string of the molecule is CCC[C@H]1CCCN(C(=O)C(=O)Nc2cccc3cccnc23)CC1. The first-order chi connectivity index (χ1) is 12.2. The molecule has 5 heteroatoms. The molecule has 0 spiro atoms. The van der Waals surface area contributed by atoms with Crippen LogP contribution in [0.2, 0.25) is 0 Å². The standard InChI is InChI=1S/C20H25N3O2/c1-2-6-15-7-5-13-23(14-11-15)20(25)19(24)22-17-10-3-8-16-9-4-12-21-18(16)17/h3-4,8-10,12,15H,2,5-7,11,13-14H2,1H3,(H,22,24)/t15-/m0/s1. The molecule has 1 N–H and O–H groups in total. The summed E-state index contributed by atoms with van der Waals surface area (Å²) in [5.41, 5.74) is 1.28. The molecule has 1 saturated heterocycles. The minimum atomic E-state index is -0.577. The van der Waals surface area contributed by atoms with E-state index in [-0.39, 0.29) is 0 Å². The maximum atomic E-state index is 12.5. The van der Waals surface area contributed by atoms with Crippen LogP contribution in [0.3, 0.4) is 0 Å². The minimum Gasteiger partial charge on any atom is -0.334 e. The van der Waals surface area contributed by atoms with E-state index in [1.165, 1.54) is 12.8 Å². The predicted molar refractivity (Wildman–Crippen MR) is 99.2 cm³/mol. The zero-order chi connectivity index (χ0) is 17.6. The van der Waals surface area contributed by atoms with Crippen molar-refractivity contribution < 1.29 is 9.59 Å². The Labute approximate surface area is 148 Å². The van der Waals surface area contributed by atoms with E-state index >= 15 is 0 Å². The maximum Gasteiger partial charge on any atom is 0.313 e. The van der Waals surface area contributed by atoms with Crippen LogP contribution in [0.1, 0.15) is 39.0 Å². The number of aromatic nitrogens is 1. The van der Waals surface area contributed by atoms with Gasteiger partial charge in [-0.1, -0.05) is 38.0 Å². The van der Waals surface area contributed by atoms with Crippen molar-refractivity contribution in [2.24, 2.45) is 5.92 Å². The first-order valence-electron chi connectivity index (χ1n) is 9.13. The number of rotatable bonds is 3. The summed E-state index contributed by atoms with van der Waals surface area (Å²) < 4.78 is 0. The molecule has 0 saturated carbocycles. The van der Waals surface area contributed by atoms with Crippen molar-refractivity contribution in [1.29, 1.82) is 0 Å². The molecule has 1 aromatic carbocycles. The van der Waals surface area contributed by atoms with Crippen LogP contribution < -0.4 is 5.32 Å². The number of fused-ring (bicyclic) bond motifs is 1. The van der Waals surface area contributed by atoms with Crippen LogP contribution in [-0.2, 0) is 9.59 Å². The van der Waals surface area contributed by atoms with Crippen molar-refractivity contribution >= 4 is 28.4 Å². The number of likely N-dealkylation sites (tertiary alicyclic amines) is 1. The molecule has 1 aliphatic rings. The van der Waals surface area contributed by atoms with Crippen LogP contribution in [0.15, 0.2) is 36.5 Å². The Hall–Kier alpha value is -2.43. The zero-order valence-corrected chi connectivity index (χ0v) is 14.7. The second-order valence-electron chi connectivity index (χ2n) is 6.71. The van der Waals surface area contributed by atoms with Crippen molar-refractivity contribution in [2.45, 2.75) is 39.0 Å². The number of benzene rings is 1. The fourth-order valence-corrected chi connectivity index (χ4v) is 3.59. The van der Waals surface area contributed by atoms with Gasteiger partial charge in [-0.2, -0.15) is 0 Å². The third kappa shape index (κ3) is 4.16. The Morgan fingerprint density at radius 1 is 1.20 bits per heavy atom. The summed E-state index contributed by atoms with van der Waals surface area (Å²) >= 11 is 0. The number of nitrogens with one attached hydrogen (secondary N) is 1. The largest absolute Gasteiger partial charge is 0.334 e. The summed E-state index contributed by atoms with van der Waals surface area (Å²) in [4.78, 5) is 31.0. The van der Waals surface area contributed by atoms with E-state index in [9.17, 15) is 9.59 Å². The summed E-state index contributed by atoms with van der Waals surface area (Å²) in [6.45, 7) is 3.53. The van der Waals surface area contributed by atoms with Gasteiger partial charge in [-0.3, -0.25) is 14.6 Å². The maximum absolute atomic E-state index is 12.5. The van der Waals surface area contributed by atoms with Crippen LogP contribution in [0.5, 0.6) is 0 Å². The highest BCUT2D eigenvalue weighted by molar-refractivity contribution is 6.40. The molecule has 0 bridgehead atoms. The molecule has 1 atom stereocenters. The molecule has 0 aliphatic carbocycles. The van der Waals surface area contributed by atoms with Gasteiger partial charge in [0.2, 0.25) is 0 Å².